The second-order valence-electron chi connectivity index (χ2n) is 5.21. The fraction of sp³-hybridized carbons (Fsp3) is 0.538. The van der Waals surface area contributed by atoms with Crippen LogP contribution in [0.25, 0.3) is 0 Å². The van der Waals surface area contributed by atoms with Crippen molar-refractivity contribution in [2.75, 3.05) is 0 Å². The maximum Gasteiger partial charge on any atom is 0.123 e. The van der Waals surface area contributed by atoms with E-state index < -0.39 is 12.2 Å². The van der Waals surface area contributed by atoms with Crippen LogP contribution >= 0.6 is 0 Å². The van der Waals surface area contributed by atoms with E-state index in [1.165, 1.54) is 12.1 Å². The Bertz CT molecular complexity index is 344. The summed E-state index contributed by atoms with van der Waals surface area (Å²) in [5.41, 5.74) is 0.308. The van der Waals surface area contributed by atoms with Crippen LogP contribution in [-0.4, -0.2) is 22.4 Å². The van der Waals surface area contributed by atoms with Gasteiger partial charge in [0.1, 0.15) is 5.82 Å². The third-order valence-electron chi connectivity index (χ3n) is 2.59. The first-order chi connectivity index (χ1) is 7.30. The summed E-state index contributed by atoms with van der Waals surface area (Å²) in [4.78, 5) is 0. The van der Waals surface area contributed by atoms with E-state index in [-0.39, 0.29) is 17.7 Å². The molecule has 0 saturated heterocycles. The molecule has 1 aromatic carbocycles. The van der Waals surface area contributed by atoms with Gasteiger partial charge >= 0.3 is 0 Å². The molecule has 0 radical (unpaired) electrons. The summed E-state index contributed by atoms with van der Waals surface area (Å²) >= 11 is 0. The lowest BCUT2D eigenvalue weighted by Crippen LogP contribution is -2.38. The molecule has 16 heavy (non-hydrogen) atoms. The molecule has 0 aromatic heterocycles. The summed E-state index contributed by atoms with van der Waals surface area (Å²) in [6.45, 7) is 5.56. The van der Waals surface area contributed by atoms with Crippen molar-refractivity contribution < 1.29 is 14.6 Å². The normalized spacial score (nSPS) is 15.9. The first-order valence-corrected chi connectivity index (χ1v) is 5.41. The molecule has 90 valence electrons. The van der Waals surface area contributed by atoms with Gasteiger partial charge in [0.25, 0.3) is 0 Å². The lowest BCUT2D eigenvalue weighted by molar-refractivity contribution is -0.0434. The molecule has 3 heteroatoms. The lowest BCUT2D eigenvalue weighted by Gasteiger charge is -2.30. The van der Waals surface area contributed by atoms with E-state index in [1.54, 1.807) is 12.1 Å². The van der Waals surface area contributed by atoms with Crippen molar-refractivity contribution in [1.82, 2.24) is 0 Å². The topological polar surface area (TPSA) is 40.5 Å². The average Bonchev–Trinajstić information content (AvgIpc) is 2.15. The Kier molecular flexibility index (Phi) is 4.05. The van der Waals surface area contributed by atoms with Gasteiger partial charge in [-0.3, -0.25) is 0 Å². The number of aliphatic hydroxyl groups is 2. The molecule has 2 nitrogen and oxygen atoms in total. The van der Waals surface area contributed by atoms with Crippen LogP contribution in [0.2, 0.25) is 0 Å². The molecule has 1 aromatic rings. The maximum absolute atomic E-state index is 12.9. The summed E-state index contributed by atoms with van der Waals surface area (Å²) in [6, 6.07) is 6.07. The zero-order chi connectivity index (χ0) is 12.3. The Labute approximate surface area is 95.7 Å². The van der Waals surface area contributed by atoms with Crippen LogP contribution in [0, 0.1) is 11.2 Å². The highest BCUT2D eigenvalue weighted by atomic mass is 19.1. The Morgan fingerprint density at radius 2 is 1.88 bits per heavy atom. The van der Waals surface area contributed by atoms with Gasteiger partial charge < -0.3 is 10.2 Å². The van der Waals surface area contributed by atoms with E-state index in [2.05, 4.69) is 0 Å². The Morgan fingerprint density at radius 3 is 2.38 bits per heavy atom. The van der Waals surface area contributed by atoms with Crippen molar-refractivity contribution >= 4 is 0 Å². The van der Waals surface area contributed by atoms with Gasteiger partial charge in [0.05, 0.1) is 12.2 Å². The number of hydrogen-bond donors (Lipinski definition) is 2. The van der Waals surface area contributed by atoms with Gasteiger partial charge in [0, 0.05) is 6.42 Å². The molecule has 0 heterocycles. The lowest BCUT2D eigenvalue weighted by atomic mass is 9.84. The van der Waals surface area contributed by atoms with E-state index in [4.69, 9.17) is 0 Å². The first-order valence-electron chi connectivity index (χ1n) is 5.41. The molecule has 0 aliphatic heterocycles. The Hall–Kier alpha value is -0.930. The highest BCUT2D eigenvalue weighted by Gasteiger charge is 2.29. The van der Waals surface area contributed by atoms with Crippen LogP contribution in [0.15, 0.2) is 24.3 Å². The van der Waals surface area contributed by atoms with Gasteiger partial charge in [-0.15, -0.1) is 0 Å². The smallest absolute Gasteiger partial charge is 0.123 e. The van der Waals surface area contributed by atoms with Crippen LogP contribution in [0.5, 0.6) is 0 Å². The minimum Gasteiger partial charge on any atom is -0.390 e. The minimum absolute atomic E-state index is 0.260. The number of benzene rings is 1. The highest BCUT2D eigenvalue weighted by Crippen LogP contribution is 2.23. The summed E-state index contributed by atoms with van der Waals surface area (Å²) < 4.78 is 12.9. The molecule has 0 spiro atoms. The van der Waals surface area contributed by atoms with E-state index in [9.17, 15) is 14.6 Å². The van der Waals surface area contributed by atoms with Gasteiger partial charge in [-0.1, -0.05) is 32.9 Å². The number of aliphatic hydroxyl groups excluding tert-OH is 2. The van der Waals surface area contributed by atoms with E-state index >= 15 is 0 Å². The molecule has 0 aliphatic carbocycles. The van der Waals surface area contributed by atoms with Crippen molar-refractivity contribution in [3.8, 4) is 0 Å². The minimum atomic E-state index is -0.873. The van der Waals surface area contributed by atoms with Gasteiger partial charge in [-0.2, -0.15) is 0 Å². The van der Waals surface area contributed by atoms with Crippen molar-refractivity contribution in [3.63, 3.8) is 0 Å². The van der Waals surface area contributed by atoms with Crippen molar-refractivity contribution in [1.29, 1.82) is 0 Å². The molecule has 0 bridgehead atoms. The SMILES string of the molecule is CC(C)(C)C(O)C(O)Cc1cccc(F)c1. The fourth-order valence-electron chi connectivity index (χ4n) is 1.59. The van der Waals surface area contributed by atoms with Crippen molar-refractivity contribution in [2.24, 2.45) is 5.41 Å². The largest absolute Gasteiger partial charge is 0.390 e. The van der Waals surface area contributed by atoms with Gasteiger partial charge in [-0.05, 0) is 23.1 Å². The molecule has 1 rings (SSSR count). The highest BCUT2D eigenvalue weighted by molar-refractivity contribution is 5.17. The molecule has 2 unspecified atom stereocenters. The van der Waals surface area contributed by atoms with E-state index in [0.29, 0.717) is 5.56 Å². The number of halogens is 1. The Morgan fingerprint density at radius 1 is 1.25 bits per heavy atom. The standard InChI is InChI=1S/C13H19FO2/c1-13(2,3)12(16)11(15)8-9-5-4-6-10(14)7-9/h4-7,11-12,15-16H,8H2,1-3H3. The third kappa shape index (κ3) is 3.58. The molecular weight excluding hydrogens is 207 g/mol. The van der Waals surface area contributed by atoms with Crippen molar-refractivity contribution in [2.45, 2.75) is 39.4 Å². The van der Waals surface area contributed by atoms with E-state index in [0.717, 1.165) is 0 Å². The molecule has 0 amide bonds. The van der Waals surface area contributed by atoms with Crippen LogP contribution in [0.1, 0.15) is 26.3 Å². The molecular formula is C13H19FO2. The fourth-order valence-corrected chi connectivity index (χ4v) is 1.59. The monoisotopic (exact) mass is 226 g/mol. The first kappa shape index (κ1) is 13.1. The summed E-state index contributed by atoms with van der Waals surface area (Å²) in [5, 5.41) is 19.7. The summed E-state index contributed by atoms with van der Waals surface area (Å²) in [5.74, 6) is -0.324. The zero-order valence-corrected chi connectivity index (χ0v) is 9.94. The second kappa shape index (κ2) is 4.93. The van der Waals surface area contributed by atoms with Gasteiger partial charge in [0.15, 0.2) is 0 Å². The molecule has 2 atom stereocenters. The quantitative estimate of drug-likeness (QED) is 0.829. The predicted octanol–water partition coefficient (Wildman–Crippen LogP) is 2.14. The maximum atomic E-state index is 12.9. The third-order valence-corrected chi connectivity index (χ3v) is 2.59. The van der Waals surface area contributed by atoms with Crippen LogP contribution in [0.3, 0.4) is 0 Å². The zero-order valence-electron chi connectivity index (χ0n) is 9.94. The summed E-state index contributed by atoms with van der Waals surface area (Å²) in [7, 11) is 0. The average molecular weight is 226 g/mol. The second-order valence-corrected chi connectivity index (χ2v) is 5.21. The van der Waals surface area contributed by atoms with Gasteiger partial charge in [0.2, 0.25) is 0 Å². The van der Waals surface area contributed by atoms with Crippen LogP contribution in [-0.2, 0) is 6.42 Å². The molecule has 0 fully saturated rings. The Balaban J connectivity index is 2.68. The van der Waals surface area contributed by atoms with Crippen molar-refractivity contribution in [3.05, 3.63) is 35.6 Å². The predicted molar refractivity (Wildman–Crippen MR) is 61.6 cm³/mol. The summed E-state index contributed by atoms with van der Waals surface area (Å²) in [6.07, 6.45) is -1.44. The number of rotatable bonds is 3. The van der Waals surface area contributed by atoms with Crippen LogP contribution < -0.4 is 0 Å². The van der Waals surface area contributed by atoms with E-state index in [1.807, 2.05) is 20.8 Å². The number of hydrogen-bond acceptors (Lipinski definition) is 2. The molecule has 0 aliphatic rings. The van der Waals surface area contributed by atoms with Gasteiger partial charge in [-0.25, -0.2) is 4.39 Å². The molecule has 2 N–H and O–H groups in total. The molecule has 0 saturated carbocycles. The van der Waals surface area contributed by atoms with Crippen LogP contribution in [0.4, 0.5) is 4.39 Å².